The molecule has 2 aromatic carbocycles. The summed E-state index contributed by atoms with van der Waals surface area (Å²) in [6.07, 6.45) is 0.751. The van der Waals surface area contributed by atoms with Crippen LogP contribution in [0, 0.1) is 0 Å². The molecule has 2 aromatic rings. The molecule has 0 atom stereocenters. The number of halogens is 1. The molecule has 0 saturated carbocycles. The molecule has 5 heteroatoms. The molecule has 0 spiro atoms. The minimum absolute atomic E-state index is 0.0666. The van der Waals surface area contributed by atoms with Crippen molar-refractivity contribution < 1.29 is 9.53 Å². The van der Waals surface area contributed by atoms with Gasteiger partial charge in [-0.15, -0.1) is 0 Å². The van der Waals surface area contributed by atoms with Gasteiger partial charge in [-0.1, -0.05) is 35.5 Å². The first-order valence-electron chi connectivity index (χ1n) is 7.99. The fourth-order valence-corrected chi connectivity index (χ4v) is 4.47. The van der Waals surface area contributed by atoms with Crippen LogP contribution in [-0.2, 0) is 0 Å². The lowest BCUT2D eigenvalue weighted by molar-refractivity contribution is 0.103. The standard InChI is InChI=1S/C20H16ClNO2S/c1-24-16-7-5-13(6-8-16)18-12-25-20-17(9-10-22(18)20)19(23)14-3-2-4-15(21)11-14/h2-8,11-12H,9-10H2,1H3. The first kappa shape index (κ1) is 16.3. The first-order valence-corrected chi connectivity index (χ1v) is 9.25. The number of carbonyl (C=O) groups excluding carboxylic acids is 1. The molecule has 0 fully saturated rings. The normalized spacial score (nSPS) is 16.1. The number of ether oxygens (including phenoxy) is 1. The van der Waals surface area contributed by atoms with Crippen molar-refractivity contribution in [2.24, 2.45) is 0 Å². The van der Waals surface area contributed by atoms with Gasteiger partial charge in [0.1, 0.15) is 5.75 Å². The summed E-state index contributed by atoms with van der Waals surface area (Å²) in [5, 5.41) is 3.74. The van der Waals surface area contributed by atoms with Crippen molar-refractivity contribution in [3.63, 3.8) is 0 Å². The van der Waals surface area contributed by atoms with Crippen molar-refractivity contribution in [3.05, 3.63) is 80.7 Å². The van der Waals surface area contributed by atoms with E-state index in [0.717, 1.165) is 40.6 Å². The van der Waals surface area contributed by atoms with Gasteiger partial charge in [-0.3, -0.25) is 4.79 Å². The van der Waals surface area contributed by atoms with Crippen LogP contribution in [0.5, 0.6) is 5.75 Å². The third kappa shape index (κ3) is 2.96. The Labute approximate surface area is 155 Å². The van der Waals surface area contributed by atoms with E-state index in [1.54, 1.807) is 31.0 Å². The van der Waals surface area contributed by atoms with Crippen molar-refractivity contribution in [2.45, 2.75) is 6.42 Å². The molecule has 2 aliphatic heterocycles. The van der Waals surface area contributed by atoms with E-state index in [-0.39, 0.29) is 5.78 Å². The van der Waals surface area contributed by atoms with Crippen LogP contribution in [0.3, 0.4) is 0 Å². The van der Waals surface area contributed by atoms with E-state index >= 15 is 0 Å². The van der Waals surface area contributed by atoms with E-state index < -0.39 is 0 Å². The lowest BCUT2D eigenvalue weighted by Gasteiger charge is -2.18. The molecule has 126 valence electrons. The second kappa shape index (κ2) is 6.62. The predicted molar refractivity (Wildman–Crippen MR) is 103 cm³/mol. The van der Waals surface area contributed by atoms with Crippen LogP contribution in [0.1, 0.15) is 22.3 Å². The van der Waals surface area contributed by atoms with Crippen molar-refractivity contribution in [2.75, 3.05) is 13.7 Å². The van der Waals surface area contributed by atoms with Gasteiger partial charge in [0.15, 0.2) is 5.78 Å². The molecule has 0 aromatic heterocycles. The molecule has 4 rings (SSSR count). The van der Waals surface area contributed by atoms with E-state index in [4.69, 9.17) is 16.3 Å². The number of hydrogen-bond acceptors (Lipinski definition) is 4. The predicted octanol–water partition coefficient (Wildman–Crippen LogP) is 5.19. The average molecular weight is 370 g/mol. The van der Waals surface area contributed by atoms with Gasteiger partial charge in [-0.05, 0) is 48.4 Å². The van der Waals surface area contributed by atoms with E-state index in [1.807, 2.05) is 36.4 Å². The molecule has 0 aliphatic carbocycles. The Morgan fingerprint density at radius 3 is 2.72 bits per heavy atom. The summed E-state index contributed by atoms with van der Waals surface area (Å²) >= 11 is 7.65. The highest BCUT2D eigenvalue weighted by atomic mass is 35.5. The maximum atomic E-state index is 12.9. The van der Waals surface area contributed by atoms with Crippen molar-refractivity contribution in [3.8, 4) is 5.75 Å². The molecule has 25 heavy (non-hydrogen) atoms. The van der Waals surface area contributed by atoms with Gasteiger partial charge in [0, 0.05) is 28.1 Å². The fraction of sp³-hybridized carbons (Fsp3) is 0.150. The maximum absolute atomic E-state index is 12.9. The van der Waals surface area contributed by atoms with E-state index in [0.29, 0.717) is 10.6 Å². The second-order valence-electron chi connectivity index (χ2n) is 5.87. The van der Waals surface area contributed by atoms with Gasteiger partial charge in [-0.2, -0.15) is 0 Å². The summed E-state index contributed by atoms with van der Waals surface area (Å²) in [4.78, 5) is 15.1. The van der Waals surface area contributed by atoms with Gasteiger partial charge in [0.2, 0.25) is 0 Å². The van der Waals surface area contributed by atoms with E-state index in [1.165, 1.54) is 0 Å². The number of benzene rings is 2. The third-order valence-corrected chi connectivity index (χ3v) is 5.67. The Morgan fingerprint density at radius 1 is 1.20 bits per heavy atom. The number of fused-ring (bicyclic) bond motifs is 1. The fourth-order valence-electron chi connectivity index (χ4n) is 3.14. The molecule has 0 unspecified atom stereocenters. The van der Waals surface area contributed by atoms with Gasteiger partial charge < -0.3 is 9.64 Å². The Hall–Kier alpha value is -2.17. The Morgan fingerprint density at radius 2 is 2.00 bits per heavy atom. The van der Waals surface area contributed by atoms with E-state index in [2.05, 4.69) is 10.3 Å². The summed E-state index contributed by atoms with van der Waals surface area (Å²) < 4.78 is 5.22. The number of hydrogen-bond donors (Lipinski definition) is 0. The monoisotopic (exact) mass is 369 g/mol. The van der Waals surface area contributed by atoms with Crippen LogP contribution in [0.25, 0.3) is 5.70 Å². The summed E-state index contributed by atoms with van der Waals surface area (Å²) in [5.74, 6) is 0.904. The molecular weight excluding hydrogens is 354 g/mol. The van der Waals surface area contributed by atoms with Crippen molar-refractivity contribution in [1.29, 1.82) is 0 Å². The molecule has 0 N–H and O–H groups in total. The zero-order valence-electron chi connectivity index (χ0n) is 13.7. The second-order valence-corrected chi connectivity index (χ2v) is 7.17. The number of carbonyl (C=O) groups is 1. The summed E-state index contributed by atoms with van der Waals surface area (Å²) in [6, 6.07) is 15.2. The molecule has 2 aliphatic rings. The van der Waals surface area contributed by atoms with Crippen LogP contribution in [0.2, 0.25) is 5.02 Å². The SMILES string of the molecule is COc1ccc(C2=CSC3=C(C(=O)c4cccc(Cl)c4)CCN23)cc1. The molecule has 0 radical (unpaired) electrons. The molecule has 0 amide bonds. The van der Waals surface area contributed by atoms with Gasteiger partial charge >= 0.3 is 0 Å². The van der Waals surface area contributed by atoms with E-state index in [9.17, 15) is 4.79 Å². The molecule has 0 bridgehead atoms. The topological polar surface area (TPSA) is 29.5 Å². The molecular formula is C20H16ClNO2S. The first-order chi connectivity index (χ1) is 12.2. The Balaban J connectivity index is 1.62. The minimum atomic E-state index is 0.0666. The zero-order chi connectivity index (χ0) is 17.4. The van der Waals surface area contributed by atoms with Gasteiger partial charge in [-0.25, -0.2) is 0 Å². The highest BCUT2D eigenvalue weighted by molar-refractivity contribution is 8.06. The zero-order valence-corrected chi connectivity index (χ0v) is 15.2. The molecule has 0 saturated heterocycles. The maximum Gasteiger partial charge on any atom is 0.191 e. The van der Waals surface area contributed by atoms with Crippen LogP contribution in [0.15, 0.2) is 64.5 Å². The number of methoxy groups -OCH3 is 1. The van der Waals surface area contributed by atoms with Crippen LogP contribution in [0.4, 0.5) is 0 Å². The lowest BCUT2D eigenvalue weighted by atomic mass is 10.0. The van der Waals surface area contributed by atoms with Gasteiger partial charge in [0.05, 0.1) is 17.8 Å². The highest BCUT2D eigenvalue weighted by Crippen LogP contribution is 2.46. The number of nitrogens with zero attached hydrogens (tertiary/aromatic N) is 1. The van der Waals surface area contributed by atoms with Crippen LogP contribution in [-0.4, -0.2) is 24.3 Å². The summed E-state index contributed by atoms with van der Waals surface area (Å²) in [7, 11) is 1.66. The summed E-state index contributed by atoms with van der Waals surface area (Å²) in [6.45, 7) is 0.821. The Bertz CT molecular complexity index is 902. The number of ketones is 1. The summed E-state index contributed by atoms with van der Waals surface area (Å²) in [5.41, 5.74) is 3.78. The average Bonchev–Trinajstić information content (AvgIpc) is 3.23. The smallest absolute Gasteiger partial charge is 0.191 e. The van der Waals surface area contributed by atoms with Crippen molar-refractivity contribution in [1.82, 2.24) is 4.90 Å². The molecule has 2 heterocycles. The van der Waals surface area contributed by atoms with Crippen LogP contribution < -0.4 is 4.74 Å². The third-order valence-electron chi connectivity index (χ3n) is 4.41. The lowest BCUT2D eigenvalue weighted by Crippen LogP contribution is -2.12. The highest BCUT2D eigenvalue weighted by Gasteiger charge is 2.33. The van der Waals surface area contributed by atoms with Gasteiger partial charge in [0.25, 0.3) is 0 Å². The molecule has 3 nitrogen and oxygen atoms in total. The Kier molecular flexibility index (Phi) is 4.32. The quantitative estimate of drug-likeness (QED) is 0.693. The van der Waals surface area contributed by atoms with Crippen LogP contribution >= 0.6 is 23.4 Å². The largest absolute Gasteiger partial charge is 0.497 e. The number of thioether (sulfide) groups is 1. The minimum Gasteiger partial charge on any atom is -0.497 e. The van der Waals surface area contributed by atoms with Crippen molar-refractivity contribution >= 4 is 34.8 Å². The number of rotatable bonds is 4. The number of Topliss-reactive ketones (excluding diaryl/α,β-unsaturated/α-hetero) is 1.